The third-order valence-corrected chi connectivity index (χ3v) is 8.42. The van der Waals surface area contributed by atoms with Gasteiger partial charge in [0, 0.05) is 32.4 Å². The van der Waals surface area contributed by atoms with Gasteiger partial charge in [-0.15, -0.1) is 0 Å². The molecule has 2 atom stereocenters. The summed E-state index contributed by atoms with van der Waals surface area (Å²) in [5, 5.41) is 2.69. The van der Waals surface area contributed by atoms with E-state index in [1.54, 1.807) is 0 Å². The van der Waals surface area contributed by atoms with Crippen LogP contribution in [0.2, 0.25) is 0 Å². The molecule has 0 bridgehead atoms. The second-order valence-corrected chi connectivity index (χ2v) is 10.5. The summed E-state index contributed by atoms with van der Waals surface area (Å²) in [6.07, 6.45) is 3.80. The van der Waals surface area contributed by atoms with E-state index in [4.69, 9.17) is 12.2 Å². The van der Waals surface area contributed by atoms with Crippen LogP contribution < -0.4 is 10.2 Å². The van der Waals surface area contributed by atoms with Gasteiger partial charge in [0.15, 0.2) is 10.5 Å². The minimum absolute atomic E-state index is 0.0340. The Hall–Kier alpha value is -3.60. The van der Waals surface area contributed by atoms with Crippen molar-refractivity contribution in [3.8, 4) is 0 Å². The maximum Gasteiger partial charge on any atom is 0.332 e. The molecule has 3 saturated heterocycles. The Labute approximate surface area is 220 Å². The van der Waals surface area contributed by atoms with Gasteiger partial charge < -0.3 is 4.90 Å². The number of nitrogens with zero attached hydrogens (tertiary/aromatic N) is 4. The van der Waals surface area contributed by atoms with Gasteiger partial charge in [0.25, 0.3) is 11.8 Å². The fourth-order valence-corrected chi connectivity index (χ4v) is 6.40. The van der Waals surface area contributed by atoms with E-state index in [0.29, 0.717) is 24.9 Å². The largest absolute Gasteiger partial charge is 0.367 e. The van der Waals surface area contributed by atoms with Crippen LogP contribution >= 0.6 is 12.2 Å². The SMILES string of the molecule is CC[C@H](C)N1C(=O)/C(=C/c2ccc3c(c2)CC2(C(=O)N(C)C(=O)N(C)C2=O)[C@@H]2CCCN32)C(=O)NC1=S. The van der Waals surface area contributed by atoms with E-state index in [1.165, 1.54) is 25.1 Å². The van der Waals surface area contributed by atoms with Crippen LogP contribution in [0.1, 0.15) is 44.2 Å². The second kappa shape index (κ2) is 8.76. The number of barbiturate groups is 1. The topological polar surface area (TPSA) is 110 Å². The number of urea groups is 1. The van der Waals surface area contributed by atoms with Crippen LogP contribution in [-0.4, -0.2) is 82.2 Å². The molecule has 6 amide bonds. The lowest BCUT2D eigenvalue weighted by Gasteiger charge is -2.50. The van der Waals surface area contributed by atoms with Gasteiger partial charge in [0.2, 0.25) is 11.8 Å². The van der Waals surface area contributed by atoms with E-state index in [0.717, 1.165) is 27.5 Å². The Bertz CT molecular complexity index is 1280. The Balaban J connectivity index is 1.57. The summed E-state index contributed by atoms with van der Waals surface area (Å²) < 4.78 is 0. The number of imide groups is 2. The van der Waals surface area contributed by atoms with Crippen molar-refractivity contribution < 1.29 is 24.0 Å². The van der Waals surface area contributed by atoms with E-state index in [2.05, 4.69) is 10.2 Å². The number of amides is 6. The number of hydrogen-bond acceptors (Lipinski definition) is 7. The Morgan fingerprint density at radius 3 is 2.46 bits per heavy atom. The highest BCUT2D eigenvalue weighted by Gasteiger charge is 2.63. The van der Waals surface area contributed by atoms with Crippen molar-refractivity contribution in [1.29, 1.82) is 0 Å². The van der Waals surface area contributed by atoms with Crippen LogP contribution in [0.4, 0.5) is 10.5 Å². The number of benzene rings is 1. The van der Waals surface area contributed by atoms with E-state index in [-0.39, 0.29) is 29.2 Å². The van der Waals surface area contributed by atoms with Gasteiger partial charge in [0.1, 0.15) is 5.57 Å². The molecule has 0 aliphatic carbocycles. The first-order valence-electron chi connectivity index (χ1n) is 12.4. The van der Waals surface area contributed by atoms with Crippen molar-refractivity contribution in [3.63, 3.8) is 0 Å². The van der Waals surface area contributed by atoms with Gasteiger partial charge in [-0.05, 0) is 74.2 Å². The van der Waals surface area contributed by atoms with Gasteiger partial charge in [0.05, 0.1) is 6.04 Å². The molecule has 11 heteroatoms. The molecule has 1 spiro atoms. The lowest BCUT2D eigenvalue weighted by atomic mass is 9.68. The fraction of sp³-hybridized carbons (Fsp3) is 0.462. The van der Waals surface area contributed by atoms with Gasteiger partial charge >= 0.3 is 6.03 Å². The fourth-order valence-electron chi connectivity index (χ4n) is 6.05. The molecule has 194 valence electrons. The third kappa shape index (κ3) is 3.51. The summed E-state index contributed by atoms with van der Waals surface area (Å²) in [5.41, 5.74) is 0.816. The standard InChI is InChI=1S/C26H29N5O5S/c1-5-14(2)31-21(33)17(20(32)27-24(31)37)12-15-8-9-18-16(11-15)13-26(19-7-6-10-30(18)19)22(34)28(3)25(36)29(4)23(26)35/h8-9,11-12,14,19H,5-7,10,13H2,1-4H3,(H,27,32,37)/b17-12+/t14-,19-/m0/s1. The molecule has 5 rings (SSSR count). The smallest absolute Gasteiger partial charge is 0.332 e. The summed E-state index contributed by atoms with van der Waals surface area (Å²) in [4.78, 5) is 71.1. The van der Waals surface area contributed by atoms with Crippen molar-refractivity contribution in [3.05, 3.63) is 34.9 Å². The Kier molecular flexibility index (Phi) is 5.93. The molecule has 4 aliphatic rings. The lowest BCUT2D eigenvalue weighted by molar-refractivity contribution is -0.159. The number of nitrogens with one attached hydrogen (secondary N) is 1. The second-order valence-electron chi connectivity index (χ2n) is 10.1. The molecule has 4 aliphatic heterocycles. The molecule has 0 saturated carbocycles. The molecular formula is C26H29N5O5S. The summed E-state index contributed by atoms with van der Waals surface area (Å²) in [6.45, 7) is 4.48. The molecule has 1 N–H and O–H groups in total. The molecule has 10 nitrogen and oxygen atoms in total. The van der Waals surface area contributed by atoms with E-state index in [9.17, 15) is 24.0 Å². The number of rotatable bonds is 3. The average molecular weight is 524 g/mol. The van der Waals surface area contributed by atoms with Crippen molar-refractivity contribution in [2.24, 2.45) is 5.41 Å². The molecule has 1 aromatic carbocycles. The zero-order valence-corrected chi connectivity index (χ0v) is 22.1. The third-order valence-electron chi connectivity index (χ3n) is 8.13. The van der Waals surface area contributed by atoms with Crippen LogP contribution in [0, 0.1) is 5.41 Å². The van der Waals surface area contributed by atoms with E-state index >= 15 is 0 Å². The predicted molar refractivity (Wildman–Crippen MR) is 139 cm³/mol. The van der Waals surface area contributed by atoms with Crippen molar-refractivity contribution in [2.45, 2.75) is 51.6 Å². The number of thiocarbonyl (C=S) groups is 1. The molecule has 0 unspecified atom stereocenters. The molecular weight excluding hydrogens is 494 g/mol. The van der Waals surface area contributed by atoms with Gasteiger partial charge in [-0.2, -0.15) is 0 Å². The summed E-state index contributed by atoms with van der Waals surface area (Å²) in [5.74, 6) is -2.02. The zero-order valence-electron chi connectivity index (χ0n) is 21.2. The van der Waals surface area contributed by atoms with Crippen LogP contribution in [0.5, 0.6) is 0 Å². The minimum Gasteiger partial charge on any atom is -0.367 e. The monoisotopic (exact) mass is 523 g/mol. The summed E-state index contributed by atoms with van der Waals surface area (Å²) in [6, 6.07) is 4.38. The maximum atomic E-state index is 13.6. The van der Waals surface area contributed by atoms with Crippen LogP contribution in [-0.2, 0) is 25.6 Å². The number of carbonyl (C=O) groups is 5. The number of anilines is 1. The number of carbonyl (C=O) groups excluding carboxylic acids is 5. The van der Waals surface area contributed by atoms with Crippen LogP contribution in [0.15, 0.2) is 23.8 Å². The normalized spacial score (nSPS) is 25.2. The number of fused-ring (bicyclic) bond motifs is 4. The first-order chi connectivity index (χ1) is 17.5. The van der Waals surface area contributed by atoms with Crippen LogP contribution in [0.3, 0.4) is 0 Å². The van der Waals surface area contributed by atoms with Crippen LogP contribution in [0.25, 0.3) is 6.08 Å². The predicted octanol–water partition coefficient (Wildman–Crippen LogP) is 1.67. The van der Waals surface area contributed by atoms with E-state index < -0.39 is 35.1 Å². The van der Waals surface area contributed by atoms with Crippen molar-refractivity contribution >= 4 is 58.8 Å². The first kappa shape index (κ1) is 25.1. The highest BCUT2D eigenvalue weighted by molar-refractivity contribution is 7.80. The van der Waals surface area contributed by atoms with Gasteiger partial charge in [-0.3, -0.25) is 39.2 Å². The quantitative estimate of drug-likeness (QED) is 0.278. The Morgan fingerprint density at radius 2 is 1.81 bits per heavy atom. The summed E-state index contributed by atoms with van der Waals surface area (Å²) >= 11 is 5.23. The molecule has 0 radical (unpaired) electrons. The minimum atomic E-state index is -1.41. The number of hydrogen-bond donors (Lipinski definition) is 1. The molecule has 0 aromatic heterocycles. The average Bonchev–Trinajstić information content (AvgIpc) is 3.38. The van der Waals surface area contributed by atoms with Gasteiger partial charge in [-0.1, -0.05) is 13.0 Å². The first-order valence-corrected chi connectivity index (χ1v) is 12.8. The van der Waals surface area contributed by atoms with Crippen molar-refractivity contribution in [1.82, 2.24) is 20.0 Å². The van der Waals surface area contributed by atoms with E-state index in [1.807, 2.05) is 32.0 Å². The van der Waals surface area contributed by atoms with Gasteiger partial charge in [-0.25, -0.2) is 4.79 Å². The molecule has 4 heterocycles. The molecule has 3 fully saturated rings. The Morgan fingerprint density at radius 1 is 1.14 bits per heavy atom. The lowest BCUT2D eigenvalue weighted by Crippen LogP contribution is -2.70. The van der Waals surface area contributed by atoms with Crippen molar-refractivity contribution in [2.75, 3.05) is 25.5 Å². The molecule has 37 heavy (non-hydrogen) atoms. The molecule has 1 aromatic rings. The zero-order chi connectivity index (χ0) is 26.8. The highest BCUT2D eigenvalue weighted by atomic mass is 32.1. The highest BCUT2D eigenvalue weighted by Crippen LogP contribution is 2.49. The maximum absolute atomic E-state index is 13.6. The summed E-state index contributed by atoms with van der Waals surface area (Å²) in [7, 11) is 2.82.